The largest absolute Gasteiger partial charge is 0.384 e. The summed E-state index contributed by atoms with van der Waals surface area (Å²) in [5, 5.41) is 4.02. The molecule has 0 fully saturated rings. The zero-order valence-corrected chi connectivity index (χ0v) is 14.2. The van der Waals surface area contributed by atoms with E-state index in [0.29, 0.717) is 18.0 Å². The molecule has 0 radical (unpaired) electrons. The summed E-state index contributed by atoms with van der Waals surface area (Å²) in [6, 6.07) is 14.1. The number of carbonyl (C=O) groups excluding carboxylic acids is 1. The number of nitrogens with one attached hydrogen (secondary N) is 1. The molecular formula is C19H21ClN2O. The van der Waals surface area contributed by atoms with Gasteiger partial charge in [0.05, 0.1) is 0 Å². The van der Waals surface area contributed by atoms with E-state index in [0.717, 1.165) is 23.4 Å². The molecule has 1 atom stereocenters. The number of halogens is 1. The fraction of sp³-hybridized carbons (Fsp3) is 0.316. The van der Waals surface area contributed by atoms with Gasteiger partial charge in [-0.05, 0) is 49.6 Å². The molecule has 0 saturated heterocycles. The average Bonchev–Trinajstić information content (AvgIpc) is 2.86. The van der Waals surface area contributed by atoms with Crippen LogP contribution in [-0.4, -0.2) is 18.5 Å². The quantitative estimate of drug-likeness (QED) is 0.900. The second kappa shape index (κ2) is 6.63. The molecule has 0 aromatic heterocycles. The van der Waals surface area contributed by atoms with Crippen LogP contribution < -0.4 is 10.2 Å². The molecule has 1 aliphatic heterocycles. The zero-order chi connectivity index (χ0) is 16.4. The Hall–Kier alpha value is -2.00. The van der Waals surface area contributed by atoms with Gasteiger partial charge in [-0.25, -0.2) is 0 Å². The molecule has 1 unspecified atom stereocenters. The second-order valence-electron chi connectivity index (χ2n) is 6.08. The van der Waals surface area contributed by atoms with Crippen LogP contribution in [0.15, 0.2) is 42.5 Å². The van der Waals surface area contributed by atoms with E-state index in [-0.39, 0.29) is 11.9 Å². The van der Waals surface area contributed by atoms with Crippen molar-refractivity contribution in [1.29, 1.82) is 0 Å². The lowest BCUT2D eigenvalue weighted by molar-refractivity contribution is -0.118. The number of para-hydroxylation sites is 1. The fourth-order valence-electron chi connectivity index (χ4n) is 3.15. The van der Waals surface area contributed by atoms with Crippen LogP contribution in [0.5, 0.6) is 0 Å². The highest BCUT2D eigenvalue weighted by Crippen LogP contribution is 2.32. The maximum Gasteiger partial charge on any atom is 0.229 e. The Labute approximate surface area is 142 Å². The third-order valence-corrected chi connectivity index (χ3v) is 4.56. The Morgan fingerprint density at radius 3 is 2.91 bits per heavy atom. The summed E-state index contributed by atoms with van der Waals surface area (Å²) in [5.41, 5.74) is 4.43. The number of hydrogen-bond donors (Lipinski definition) is 1. The van der Waals surface area contributed by atoms with Crippen LogP contribution in [0.4, 0.5) is 11.4 Å². The predicted molar refractivity (Wildman–Crippen MR) is 96.4 cm³/mol. The lowest BCUT2D eigenvalue weighted by Crippen LogP contribution is -2.36. The molecule has 0 spiro atoms. The first-order chi connectivity index (χ1) is 11.1. The van der Waals surface area contributed by atoms with E-state index < -0.39 is 0 Å². The molecule has 120 valence electrons. The molecule has 0 bridgehead atoms. The highest BCUT2D eigenvalue weighted by Gasteiger charge is 2.29. The van der Waals surface area contributed by atoms with E-state index in [1.165, 1.54) is 5.56 Å². The van der Waals surface area contributed by atoms with Crippen LogP contribution in [0.3, 0.4) is 0 Å². The molecule has 1 aliphatic rings. The van der Waals surface area contributed by atoms with Crippen molar-refractivity contribution < 1.29 is 4.79 Å². The number of amides is 1. The minimum atomic E-state index is 0.162. The molecule has 2 aromatic carbocycles. The van der Waals surface area contributed by atoms with Gasteiger partial charge < -0.3 is 10.2 Å². The van der Waals surface area contributed by atoms with Crippen molar-refractivity contribution in [3.8, 4) is 0 Å². The van der Waals surface area contributed by atoms with Crippen molar-refractivity contribution in [2.24, 2.45) is 0 Å². The molecule has 3 nitrogen and oxygen atoms in total. The maximum atomic E-state index is 12.6. The first kappa shape index (κ1) is 15.9. The van der Waals surface area contributed by atoms with Crippen molar-refractivity contribution >= 4 is 28.9 Å². The minimum Gasteiger partial charge on any atom is -0.384 e. The van der Waals surface area contributed by atoms with Crippen LogP contribution in [-0.2, 0) is 11.2 Å². The molecular weight excluding hydrogens is 308 g/mol. The van der Waals surface area contributed by atoms with Gasteiger partial charge in [0.2, 0.25) is 5.91 Å². The molecule has 1 heterocycles. The van der Waals surface area contributed by atoms with Gasteiger partial charge in [-0.3, -0.25) is 4.79 Å². The average molecular weight is 329 g/mol. The molecule has 0 saturated carbocycles. The summed E-state index contributed by atoms with van der Waals surface area (Å²) in [4.78, 5) is 14.6. The van der Waals surface area contributed by atoms with E-state index >= 15 is 0 Å². The van der Waals surface area contributed by atoms with Gasteiger partial charge in [0.1, 0.15) is 0 Å². The normalized spacial score (nSPS) is 16.3. The summed E-state index contributed by atoms with van der Waals surface area (Å²) >= 11 is 6.02. The van der Waals surface area contributed by atoms with Crippen molar-refractivity contribution in [3.63, 3.8) is 0 Å². The highest BCUT2D eigenvalue weighted by molar-refractivity contribution is 6.30. The number of aryl methyl sites for hydroxylation is 1. The van der Waals surface area contributed by atoms with Gasteiger partial charge in [-0.15, -0.1) is 0 Å². The van der Waals surface area contributed by atoms with Crippen LogP contribution in [0.2, 0.25) is 5.02 Å². The fourth-order valence-corrected chi connectivity index (χ4v) is 3.33. The summed E-state index contributed by atoms with van der Waals surface area (Å²) in [7, 11) is 0. The van der Waals surface area contributed by atoms with Crippen LogP contribution >= 0.6 is 11.6 Å². The number of anilines is 2. The van der Waals surface area contributed by atoms with E-state index in [4.69, 9.17) is 11.6 Å². The molecule has 3 rings (SSSR count). The number of fused-ring (bicyclic) bond motifs is 1. The van der Waals surface area contributed by atoms with E-state index in [1.54, 1.807) is 0 Å². The van der Waals surface area contributed by atoms with Crippen LogP contribution in [0.25, 0.3) is 0 Å². The minimum absolute atomic E-state index is 0.162. The molecule has 4 heteroatoms. The Morgan fingerprint density at radius 2 is 2.09 bits per heavy atom. The van der Waals surface area contributed by atoms with Gasteiger partial charge in [0, 0.05) is 35.4 Å². The molecule has 1 N–H and O–H groups in total. The van der Waals surface area contributed by atoms with Crippen LogP contribution in [0.1, 0.15) is 24.5 Å². The standard InChI is InChI=1S/C19H21ClN2O/c1-13-7-8-16(20)12-17(13)21-10-9-19(23)22-14(2)11-15-5-3-4-6-18(15)22/h3-8,12,14,21H,9-11H2,1-2H3. The number of nitrogens with zero attached hydrogens (tertiary/aromatic N) is 1. The van der Waals surface area contributed by atoms with Crippen molar-refractivity contribution in [2.75, 3.05) is 16.8 Å². The van der Waals surface area contributed by atoms with Gasteiger partial charge >= 0.3 is 0 Å². The van der Waals surface area contributed by atoms with Crippen molar-refractivity contribution in [1.82, 2.24) is 0 Å². The van der Waals surface area contributed by atoms with Crippen molar-refractivity contribution in [2.45, 2.75) is 32.7 Å². The Bertz CT molecular complexity index is 729. The number of benzene rings is 2. The predicted octanol–water partition coefficient (Wildman–Crippen LogP) is 4.43. The number of rotatable bonds is 4. The maximum absolute atomic E-state index is 12.6. The van der Waals surface area contributed by atoms with Gasteiger partial charge in [0.15, 0.2) is 0 Å². The lowest BCUT2D eigenvalue weighted by atomic mass is 10.1. The van der Waals surface area contributed by atoms with Gasteiger partial charge in [-0.2, -0.15) is 0 Å². The molecule has 2 aromatic rings. The molecule has 1 amide bonds. The first-order valence-electron chi connectivity index (χ1n) is 7.96. The molecule has 0 aliphatic carbocycles. The zero-order valence-electron chi connectivity index (χ0n) is 13.5. The first-order valence-corrected chi connectivity index (χ1v) is 8.34. The number of hydrogen-bond acceptors (Lipinski definition) is 2. The summed E-state index contributed by atoms with van der Waals surface area (Å²) in [6.45, 7) is 4.73. The van der Waals surface area contributed by atoms with Crippen molar-refractivity contribution in [3.05, 3.63) is 58.6 Å². The highest BCUT2D eigenvalue weighted by atomic mass is 35.5. The third-order valence-electron chi connectivity index (χ3n) is 4.33. The third kappa shape index (κ3) is 3.35. The monoisotopic (exact) mass is 328 g/mol. The smallest absolute Gasteiger partial charge is 0.229 e. The SMILES string of the molecule is Cc1ccc(Cl)cc1NCCC(=O)N1c2ccccc2CC1C. The van der Waals surface area contributed by atoms with Gasteiger partial charge in [0.25, 0.3) is 0 Å². The summed E-state index contributed by atoms with van der Waals surface area (Å²) < 4.78 is 0. The Kier molecular flexibility index (Phi) is 4.58. The topological polar surface area (TPSA) is 32.3 Å². The van der Waals surface area contributed by atoms with Gasteiger partial charge in [-0.1, -0.05) is 35.9 Å². The Balaban J connectivity index is 1.63. The summed E-state index contributed by atoms with van der Waals surface area (Å²) in [6.07, 6.45) is 1.40. The molecule has 23 heavy (non-hydrogen) atoms. The lowest BCUT2D eigenvalue weighted by Gasteiger charge is -2.23. The second-order valence-corrected chi connectivity index (χ2v) is 6.52. The Morgan fingerprint density at radius 1 is 1.30 bits per heavy atom. The van der Waals surface area contributed by atoms with E-state index in [2.05, 4.69) is 18.3 Å². The number of carbonyl (C=O) groups is 1. The van der Waals surface area contributed by atoms with E-state index in [1.807, 2.05) is 48.2 Å². The summed E-state index contributed by atoms with van der Waals surface area (Å²) in [5.74, 6) is 0.162. The van der Waals surface area contributed by atoms with Crippen LogP contribution in [0, 0.1) is 6.92 Å². The van der Waals surface area contributed by atoms with E-state index in [9.17, 15) is 4.79 Å².